The van der Waals surface area contributed by atoms with E-state index in [0.717, 1.165) is 12.8 Å². The molecule has 1 aliphatic carbocycles. The fourth-order valence-electron chi connectivity index (χ4n) is 4.29. The van der Waals surface area contributed by atoms with Gasteiger partial charge < -0.3 is 14.7 Å². The summed E-state index contributed by atoms with van der Waals surface area (Å²) < 4.78 is 5.72. The van der Waals surface area contributed by atoms with Gasteiger partial charge in [-0.2, -0.15) is 0 Å². The van der Waals surface area contributed by atoms with Gasteiger partial charge >= 0.3 is 6.09 Å². The SMILES string of the molecule is CC1(CO)CCCN(C(=O)OCC2c3ccccc3-c3ccccc32)C1. The molecular weight excluding hydrogens is 326 g/mol. The molecule has 0 radical (unpaired) electrons. The number of carbonyl (C=O) groups is 1. The number of rotatable bonds is 3. The molecule has 2 aromatic carbocycles. The quantitative estimate of drug-likeness (QED) is 0.908. The van der Waals surface area contributed by atoms with Crippen LogP contribution >= 0.6 is 0 Å². The van der Waals surface area contributed by atoms with Gasteiger partial charge in [0.05, 0.1) is 6.61 Å². The second-order valence-electron chi connectivity index (χ2n) is 7.80. The zero-order valence-corrected chi connectivity index (χ0v) is 15.1. The van der Waals surface area contributed by atoms with Gasteiger partial charge in [0.1, 0.15) is 6.61 Å². The summed E-state index contributed by atoms with van der Waals surface area (Å²) in [6.45, 7) is 3.72. The van der Waals surface area contributed by atoms with Crippen molar-refractivity contribution in [1.82, 2.24) is 4.90 Å². The Morgan fingerprint density at radius 3 is 2.38 bits per heavy atom. The van der Waals surface area contributed by atoms with Gasteiger partial charge in [0.2, 0.25) is 0 Å². The molecule has 4 nitrogen and oxygen atoms in total. The Hall–Kier alpha value is -2.33. The summed E-state index contributed by atoms with van der Waals surface area (Å²) in [5, 5.41) is 9.59. The maximum absolute atomic E-state index is 12.6. The number of amides is 1. The number of nitrogens with zero attached hydrogens (tertiary/aromatic N) is 1. The van der Waals surface area contributed by atoms with Gasteiger partial charge in [0.25, 0.3) is 0 Å². The van der Waals surface area contributed by atoms with Crippen LogP contribution in [-0.4, -0.2) is 42.4 Å². The zero-order valence-electron chi connectivity index (χ0n) is 15.1. The highest BCUT2D eigenvalue weighted by Gasteiger charge is 2.34. The molecule has 0 bridgehead atoms. The summed E-state index contributed by atoms with van der Waals surface area (Å²) in [5.74, 6) is 0.0837. The molecule has 1 saturated heterocycles. The summed E-state index contributed by atoms with van der Waals surface area (Å²) in [6.07, 6.45) is 1.57. The molecule has 4 rings (SSSR count). The summed E-state index contributed by atoms with van der Waals surface area (Å²) in [6, 6.07) is 16.7. The average molecular weight is 351 g/mol. The molecular formula is C22H25NO3. The Morgan fingerprint density at radius 1 is 1.15 bits per heavy atom. The third-order valence-corrected chi connectivity index (χ3v) is 5.76. The van der Waals surface area contributed by atoms with Crippen molar-refractivity contribution in [2.24, 2.45) is 5.41 Å². The minimum absolute atomic E-state index is 0.0837. The average Bonchev–Trinajstić information content (AvgIpc) is 3.00. The number of aliphatic hydroxyl groups is 1. The number of aliphatic hydroxyl groups excluding tert-OH is 1. The second-order valence-corrected chi connectivity index (χ2v) is 7.80. The van der Waals surface area contributed by atoms with E-state index in [2.05, 4.69) is 24.3 Å². The van der Waals surface area contributed by atoms with Crippen molar-refractivity contribution >= 4 is 6.09 Å². The van der Waals surface area contributed by atoms with Gasteiger partial charge in [-0.25, -0.2) is 4.79 Å². The maximum Gasteiger partial charge on any atom is 0.409 e. The Balaban J connectivity index is 1.49. The van der Waals surface area contributed by atoms with Gasteiger partial charge in [-0.1, -0.05) is 55.5 Å². The van der Waals surface area contributed by atoms with Crippen LogP contribution in [-0.2, 0) is 4.74 Å². The Labute approximate surface area is 154 Å². The molecule has 0 aromatic heterocycles. The number of hydrogen-bond acceptors (Lipinski definition) is 3. The van der Waals surface area contributed by atoms with Crippen molar-refractivity contribution in [2.75, 3.05) is 26.3 Å². The summed E-state index contributed by atoms with van der Waals surface area (Å²) >= 11 is 0. The molecule has 1 fully saturated rings. The van der Waals surface area contributed by atoms with Crippen molar-refractivity contribution in [3.63, 3.8) is 0 Å². The summed E-state index contributed by atoms with van der Waals surface area (Å²) in [4.78, 5) is 14.3. The molecule has 1 N–H and O–H groups in total. The number of ether oxygens (including phenoxy) is 1. The fourth-order valence-corrected chi connectivity index (χ4v) is 4.29. The molecule has 0 saturated carbocycles. The lowest BCUT2D eigenvalue weighted by molar-refractivity contribution is 0.0329. The molecule has 2 aliphatic rings. The van der Waals surface area contributed by atoms with E-state index in [9.17, 15) is 9.90 Å². The van der Waals surface area contributed by atoms with Crippen molar-refractivity contribution in [2.45, 2.75) is 25.7 Å². The third kappa shape index (κ3) is 2.99. The van der Waals surface area contributed by atoms with Gasteiger partial charge in [0, 0.05) is 24.4 Å². The fraction of sp³-hybridized carbons (Fsp3) is 0.409. The predicted molar refractivity (Wildman–Crippen MR) is 101 cm³/mol. The van der Waals surface area contributed by atoms with Gasteiger partial charge in [-0.05, 0) is 35.1 Å². The van der Waals surface area contributed by atoms with Crippen LogP contribution in [0.2, 0.25) is 0 Å². The molecule has 136 valence electrons. The van der Waals surface area contributed by atoms with Crippen LogP contribution in [0.3, 0.4) is 0 Å². The first-order chi connectivity index (χ1) is 12.6. The van der Waals surface area contributed by atoms with Crippen LogP contribution in [0.1, 0.15) is 36.8 Å². The first-order valence-electron chi connectivity index (χ1n) is 9.32. The minimum Gasteiger partial charge on any atom is -0.448 e. The summed E-state index contributed by atoms with van der Waals surface area (Å²) in [5.41, 5.74) is 4.69. The van der Waals surface area contributed by atoms with E-state index in [1.54, 1.807) is 4.90 Å². The van der Waals surface area contributed by atoms with Crippen molar-refractivity contribution in [3.05, 3.63) is 59.7 Å². The van der Waals surface area contributed by atoms with E-state index < -0.39 is 0 Å². The monoisotopic (exact) mass is 351 g/mol. The van der Waals surface area contributed by atoms with Crippen molar-refractivity contribution < 1.29 is 14.6 Å². The highest BCUT2D eigenvalue weighted by molar-refractivity contribution is 5.79. The van der Waals surface area contributed by atoms with E-state index in [1.807, 2.05) is 31.2 Å². The van der Waals surface area contributed by atoms with Crippen molar-refractivity contribution in [1.29, 1.82) is 0 Å². The molecule has 1 heterocycles. The Kier molecular flexibility index (Phi) is 4.45. The van der Waals surface area contributed by atoms with Gasteiger partial charge in [-0.3, -0.25) is 0 Å². The van der Waals surface area contributed by atoms with Crippen LogP contribution in [0.4, 0.5) is 4.79 Å². The lowest BCUT2D eigenvalue weighted by atomic mass is 9.83. The molecule has 1 aliphatic heterocycles. The van der Waals surface area contributed by atoms with E-state index >= 15 is 0 Å². The van der Waals surface area contributed by atoms with Gasteiger partial charge in [-0.15, -0.1) is 0 Å². The van der Waals surface area contributed by atoms with E-state index in [-0.39, 0.29) is 24.0 Å². The molecule has 2 aromatic rings. The molecule has 26 heavy (non-hydrogen) atoms. The standard InChI is InChI=1S/C22H25NO3/c1-22(15-24)11-6-12-23(14-22)21(25)26-13-20-18-9-4-2-7-16(18)17-8-3-5-10-19(17)20/h2-5,7-10,20,24H,6,11-15H2,1H3. The molecule has 1 amide bonds. The highest BCUT2D eigenvalue weighted by Crippen LogP contribution is 2.44. The molecule has 0 spiro atoms. The van der Waals surface area contributed by atoms with Crippen LogP contribution < -0.4 is 0 Å². The molecule has 4 heteroatoms. The number of piperidine rings is 1. The predicted octanol–water partition coefficient (Wildman–Crippen LogP) is 4.03. The topological polar surface area (TPSA) is 49.8 Å². The van der Waals surface area contributed by atoms with Crippen LogP contribution in [0.5, 0.6) is 0 Å². The van der Waals surface area contributed by atoms with Gasteiger partial charge in [0.15, 0.2) is 0 Å². The van der Waals surface area contributed by atoms with Crippen LogP contribution in [0.25, 0.3) is 11.1 Å². The van der Waals surface area contributed by atoms with Crippen molar-refractivity contribution in [3.8, 4) is 11.1 Å². The number of likely N-dealkylation sites (tertiary alicyclic amines) is 1. The maximum atomic E-state index is 12.6. The number of hydrogen-bond donors (Lipinski definition) is 1. The van der Waals surface area contributed by atoms with E-state index in [4.69, 9.17) is 4.74 Å². The first-order valence-corrected chi connectivity index (χ1v) is 9.32. The second kappa shape index (κ2) is 6.76. The normalized spacial score (nSPS) is 22.0. The van der Waals surface area contributed by atoms with Crippen LogP contribution in [0, 0.1) is 5.41 Å². The number of fused-ring (bicyclic) bond motifs is 3. The Bertz CT molecular complexity index is 773. The molecule has 1 atom stereocenters. The lowest BCUT2D eigenvalue weighted by Crippen LogP contribution is -2.46. The lowest BCUT2D eigenvalue weighted by Gasteiger charge is -2.38. The minimum atomic E-state index is -0.272. The highest BCUT2D eigenvalue weighted by atomic mass is 16.6. The molecule has 1 unspecified atom stereocenters. The smallest absolute Gasteiger partial charge is 0.409 e. The summed E-state index contributed by atoms with van der Waals surface area (Å²) in [7, 11) is 0. The zero-order chi connectivity index (χ0) is 18.1. The van der Waals surface area contributed by atoms with E-state index in [0.29, 0.717) is 19.7 Å². The first kappa shape index (κ1) is 17.1. The Morgan fingerprint density at radius 2 is 1.77 bits per heavy atom. The number of carbonyl (C=O) groups excluding carboxylic acids is 1. The van der Waals surface area contributed by atoms with Crippen LogP contribution in [0.15, 0.2) is 48.5 Å². The largest absolute Gasteiger partial charge is 0.448 e. The third-order valence-electron chi connectivity index (χ3n) is 5.76. The van der Waals surface area contributed by atoms with E-state index in [1.165, 1.54) is 22.3 Å². The number of benzene rings is 2.